The minimum atomic E-state index is 0.0750. The second-order valence-corrected chi connectivity index (χ2v) is 8.58. The van der Waals surface area contributed by atoms with Crippen molar-refractivity contribution in [2.24, 2.45) is 10.9 Å². The normalized spacial score (nSPS) is 14.2. The number of amidine groups is 1. The highest BCUT2D eigenvalue weighted by Gasteiger charge is 2.20. The van der Waals surface area contributed by atoms with Gasteiger partial charge in [0, 0.05) is 25.3 Å². The summed E-state index contributed by atoms with van der Waals surface area (Å²) >= 11 is 0. The molecule has 0 aliphatic carbocycles. The summed E-state index contributed by atoms with van der Waals surface area (Å²) in [5, 5.41) is 3.33. The van der Waals surface area contributed by atoms with Crippen LogP contribution < -0.4 is 5.32 Å². The van der Waals surface area contributed by atoms with Gasteiger partial charge in [-0.2, -0.15) is 0 Å². The lowest BCUT2D eigenvalue weighted by Gasteiger charge is -2.26. The molecule has 0 bridgehead atoms. The van der Waals surface area contributed by atoms with Crippen LogP contribution in [-0.2, 0) is 11.3 Å². The number of allylic oxidation sites excluding steroid dienone is 2. The van der Waals surface area contributed by atoms with Crippen molar-refractivity contribution in [3.05, 3.63) is 58.3 Å². The van der Waals surface area contributed by atoms with E-state index in [1.54, 1.807) is 0 Å². The van der Waals surface area contributed by atoms with Crippen molar-refractivity contribution in [2.75, 3.05) is 13.1 Å². The highest BCUT2D eigenvalue weighted by Crippen LogP contribution is 2.18. The van der Waals surface area contributed by atoms with Crippen molar-refractivity contribution in [3.63, 3.8) is 0 Å². The number of benzene rings is 1. The van der Waals surface area contributed by atoms with Crippen LogP contribution in [-0.4, -0.2) is 29.7 Å². The Morgan fingerprint density at radius 2 is 1.77 bits per heavy atom. The van der Waals surface area contributed by atoms with Gasteiger partial charge in [-0.15, -0.1) is 0 Å². The molecule has 0 saturated carbocycles. The SMILES string of the molecule is CCN=C(C)N/C(C)=C(\C=C(\C)CC)C(=O)N(CCC(C)CC)Cc1ccc(C)cc1. The Morgan fingerprint density at radius 3 is 2.32 bits per heavy atom. The van der Waals surface area contributed by atoms with E-state index in [0.717, 1.165) is 48.5 Å². The Balaban J connectivity index is 3.31. The molecule has 1 rings (SSSR count). The summed E-state index contributed by atoms with van der Waals surface area (Å²) in [5.74, 6) is 1.50. The van der Waals surface area contributed by atoms with E-state index >= 15 is 0 Å². The van der Waals surface area contributed by atoms with Gasteiger partial charge in [0.05, 0.1) is 11.4 Å². The third kappa shape index (κ3) is 9.54. The van der Waals surface area contributed by atoms with E-state index in [0.29, 0.717) is 19.0 Å². The van der Waals surface area contributed by atoms with Crippen LogP contribution in [0.2, 0.25) is 0 Å². The van der Waals surface area contributed by atoms with E-state index in [9.17, 15) is 4.79 Å². The van der Waals surface area contributed by atoms with E-state index in [1.807, 2.05) is 31.7 Å². The summed E-state index contributed by atoms with van der Waals surface area (Å²) in [4.78, 5) is 20.2. The first-order valence-corrected chi connectivity index (χ1v) is 11.7. The number of hydrogen-bond donors (Lipinski definition) is 1. The molecule has 4 heteroatoms. The molecule has 1 amide bonds. The minimum Gasteiger partial charge on any atom is -0.347 e. The highest BCUT2D eigenvalue weighted by molar-refractivity contribution is 5.98. The molecule has 4 nitrogen and oxygen atoms in total. The molecule has 1 unspecified atom stereocenters. The third-order valence-electron chi connectivity index (χ3n) is 5.72. The van der Waals surface area contributed by atoms with Crippen LogP contribution >= 0.6 is 0 Å². The number of amides is 1. The van der Waals surface area contributed by atoms with Crippen molar-refractivity contribution in [1.29, 1.82) is 0 Å². The van der Waals surface area contributed by atoms with Crippen molar-refractivity contribution in [3.8, 4) is 0 Å². The van der Waals surface area contributed by atoms with Gasteiger partial charge in [-0.05, 0) is 65.0 Å². The first kappa shape index (κ1) is 26.7. The Morgan fingerprint density at radius 1 is 1.13 bits per heavy atom. The third-order valence-corrected chi connectivity index (χ3v) is 5.72. The molecule has 0 spiro atoms. The molecule has 0 heterocycles. The van der Waals surface area contributed by atoms with Gasteiger partial charge in [-0.25, -0.2) is 0 Å². The Labute approximate surface area is 190 Å². The number of hydrogen-bond acceptors (Lipinski definition) is 2. The molecule has 1 N–H and O–H groups in total. The predicted octanol–water partition coefficient (Wildman–Crippen LogP) is 6.42. The molecular weight excluding hydrogens is 382 g/mol. The molecule has 0 saturated heterocycles. The molecule has 172 valence electrons. The summed E-state index contributed by atoms with van der Waals surface area (Å²) in [6.45, 7) is 18.8. The van der Waals surface area contributed by atoms with Crippen molar-refractivity contribution in [1.82, 2.24) is 10.2 Å². The first-order chi connectivity index (χ1) is 14.7. The van der Waals surface area contributed by atoms with Gasteiger partial charge in [0.15, 0.2) is 0 Å². The summed E-state index contributed by atoms with van der Waals surface area (Å²) in [6.07, 6.45) is 5.07. The number of aryl methyl sites for hydroxylation is 1. The van der Waals surface area contributed by atoms with Crippen LogP contribution in [0.3, 0.4) is 0 Å². The van der Waals surface area contributed by atoms with Crippen LogP contribution in [0.1, 0.15) is 78.9 Å². The fourth-order valence-electron chi connectivity index (χ4n) is 3.21. The lowest BCUT2D eigenvalue weighted by molar-refractivity contribution is -0.127. The second-order valence-electron chi connectivity index (χ2n) is 8.58. The van der Waals surface area contributed by atoms with Crippen LogP contribution in [0.25, 0.3) is 0 Å². The molecule has 0 aliphatic rings. The van der Waals surface area contributed by atoms with Crippen LogP contribution in [0, 0.1) is 12.8 Å². The predicted molar refractivity (Wildman–Crippen MR) is 134 cm³/mol. The van der Waals surface area contributed by atoms with E-state index in [2.05, 4.69) is 69.2 Å². The van der Waals surface area contributed by atoms with Crippen LogP contribution in [0.5, 0.6) is 0 Å². The fraction of sp³-hybridized carbons (Fsp3) is 0.556. The summed E-state index contributed by atoms with van der Waals surface area (Å²) in [5.41, 5.74) is 5.15. The highest BCUT2D eigenvalue weighted by atomic mass is 16.2. The lowest BCUT2D eigenvalue weighted by atomic mass is 10.0. The van der Waals surface area contributed by atoms with Crippen molar-refractivity contribution >= 4 is 11.7 Å². The number of aliphatic imine (C=N–C) groups is 1. The summed E-state index contributed by atoms with van der Waals surface area (Å²) in [7, 11) is 0. The zero-order valence-electron chi connectivity index (χ0n) is 21.0. The van der Waals surface area contributed by atoms with Crippen LogP contribution in [0.15, 0.2) is 52.2 Å². The molecular formula is C27H43N3O. The average Bonchev–Trinajstić information content (AvgIpc) is 2.75. The van der Waals surface area contributed by atoms with Crippen molar-refractivity contribution < 1.29 is 4.79 Å². The minimum absolute atomic E-state index is 0.0750. The van der Waals surface area contributed by atoms with Gasteiger partial charge in [0.25, 0.3) is 5.91 Å². The zero-order chi connectivity index (χ0) is 23.4. The van der Waals surface area contributed by atoms with Gasteiger partial charge in [-0.1, -0.05) is 62.6 Å². The lowest BCUT2D eigenvalue weighted by Crippen LogP contribution is -2.35. The topological polar surface area (TPSA) is 44.7 Å². The molecule has 31 heavy (non-hydrogen) atoms. The Bertz CT molecular complexity index is 787. The van der Waals surface area contributed by atoms with Gasteiger partial charge in [0.1, 0.15) is 0 Å². The number of carbonyl (C=O) groups excluding carboxylic acids is 1. The van der Waals surface area contributed by atoms with E-state index in [4.69, 9.17) is 0 Å². The maximum Gasteiger partial charge on any atom is 0.255 e. The van der Waals surface area contributed by atoms with Gasteiger partial charge in [-0.3, -0.25) is 9.79 Å². The van der Waals surface area contributed by atoms with E-state index < -0.39 is 0 Å². The number of rotatable bonds is 11. The molecule has 0 radical (unpaired) electrons. The molecule has 1 aromatic carbocycles. The second kappa shape index (κ2) is 13.8. The number of nitrogens with zero attached hydrogens (tertiary/aromatic N) is 2. The fourth-order valence-corrected chi connectivity index (χ4v) is 3.21. The molecule has 0 fully saturated rings. The Kier molecular flexibility index (Phi) is 11.9. The monoisotopic (exact) mass is 425 g/mol. The molecule has 0 aromatic heterocycles. The van der Waals surface area contributed by atoms with Gasteiger partial charge in [0.2, 0.25) is 0 Å². The standard InChI is InChI=1S/C27H43N3O/c1-9-20(4)16-17-30(19-25-14-12-22(6)13-15-25)27(31)26(18-21(5)10-2)23(7)29-24(8)28-11-3/h12-15,18,20H,9-11,16-17,19H2,1-8H3,(H,28,29)/b21-18-,26-23+. The molecule has 0 aliphatic heterocycles. The Hall–Kier alpha value is -2.36. The largest absolute Gasteiger partial charge is 0.347 e. The maximum atomic E-state index is 13.8. The summed E-state index contributed by atoms with van der Waals surface area (Å²) < 4.78 is 0. The van der Waals surface area contributed by atoms with Gasteiger partial charge >= 0.3 is 0 Å². The number of carbonyl (C=O) groups is 1. The van der Waals surface area contributed by atoms with Crippen LogP contribution in [0.4, 0.5) is 0 Å². The molecule has 1 atom stereocenters. The van der Waals surface area contributed by atoms with E-state index in [-0.39, 0.29) is 5.91 Å². The smallest absolute Gasteiger partial charge is 0.255 e. The van der Waals surface area contributed by atoms with Gasteiger partial charge < -0.3 is 10.2 Å². The molecule has 1 aromatic rings. The average molecular weight is 426 g/mol. The quantitative estimate of drug-likeness (QED) is 0.192. The van der Waals surface area contributed by atoms with E-state index in [1.165, 1.54) is 11.1 Å². The number of nitrogens with one attached hydrogen (secondary N) is 1. The first-order valence-electron chi connectivity index (χ1n) is 11.7. The van der Waals surface area contributed by atoms with Crippen molar-refractivity contribution in [2.45, 2.75) is 81.2 Å². The maximum absolute atomic E-state index is 13.8. The summed E-state index contributed by atoms with van der Waals surface area (Å²) in [6, 6.07) is 8.47. The zero-order valence-corrected chi connectivity index (χ0v) is 21.0.